The number of rotatable bonds is 5. The van der Waals surface area contributed by atoms with Crippen LogP contribution in [-0.2, 0) is 7.05 Å². The van der Waals surface area contributed by atoms with Gasteiger partial charge in [0.25, 0.3) is 0 Å². The van der Waals surface area contributed by atoms with Crippen LogP contribution in [0.3, 0.4) is 0 Å². The van der Waals surface area contributed by atoms with E-state index in [1.54, 1.807) is 17.1 Å². The van der Waals surface area contributed by atoms with Crippen LogP contribution in [0.25, 0.3) is 16.9 Å². The van der Waals surface area contributed by atoms with Crippen LogP contribution in [0.5, 0.6) is 5.88 Å². The SMILES string of the molecule is CCC(C#N)[C@@H]1CCOc2cc(-c3ccnc(Nc4ccnn4C)n3)cc3nnc1n23. The number of anilines is 2. The highest BCUT2D eigenvalue weighted by Crippen LogP contribution is 2.35. The molecule has 1 aliphatic rings. The summed E-state index contributed by atoms with van der Waals surface area (Å²) in [5, 5.41) is 25.7. The molecule has 0 bridgehead atoms. The summed E-state index contributed by atoms with van der Waals surface area (Å²) < 4.78 is 9.67. The van der Waals surface area contributed by atoms with Crippen molar-refractivity contribution in [1.29, 1.82) is 5.26 Å². The van der Waals surface area contributed by atoms with Crippen LogP contribution < -0.4 is 10.1 Å². The Morgan fingerprint density at radius 1 is 1.29 bits per heavy atom. The van der Waals surface area contributed by atoms with Crippen molar-refractivity contribution in [1.82, 2.24) is 34.3 Å². The number of nitrogens with one attached hydrogen (secondary N) is 1. The van der Waals surface area contributed by atoms with Crippen molar-refractivity contribution in [3.8, 4) is 23.2 Å². The average molecular weight is 415 g/mol. The van der Waals surface area contributed by atoms with E-state index < -0.39 is 0 Å². The minimum Gasteiger partial charge on any atom is -0.478 e. The molecule has 5 rings (SSSR count). The maximum Gasteiger partial charge on any atom is 0.228 e. The van der Waals surface area contributed by atoms with Gasteiger partial charge in [0.1, 0.15) is 11.6 Å². The van der Waals surface area contributed by atoms with Crippen LogP contribution in [0.15, 0.2) is 36.7 Å². The summed E-state index contributed by atoms with van der Waals surface area (Å²) >= 11 is 0. The first kappa shape index (κ1) is 19.0. The molecule has 156 valence electrons. The van der Waals surface area contributed by atoms with E-state index in [1.807, 2.05) is 42.6 Å². The first-order chi connectivity index (χ1) is 15.2. The van der Waals surface area contributed by atoms with Gasteiger partial charge >= 0.3 is 0 Å². The molecule has 4 aromatic heterocycles. The third-order valence-corrected chi connectivity index (χ3v) is 5.61. The van der Waals surface area contributed by atoms with E-state index >= 15 is 0 Å². The summed E-state index contributed by atoms with van der Waals surface area (Å²) in [5.74, 6) is 2.56. The smallest absolute Gasteiger partial charge is 0.228 e. The number of nitriles is 1. The minimum absolute atomic E-state index is 0.00847. The van der Waals surface area contributed by atoms with Crippen LogP contribution in [0.1, 0.15) is 31.5 Å². The van der Waals surface area contributed by atoms with Crippen molar-refractivity contribution in [2.45, 2.75) is 25.7 Å². The van der Waals surface area contributed by atoms with E-state index in [1.165, 1.54) is 0 Å². The van der Waals surface area contributed by atoms with Gasteiger partial charge in [-0.05, 0) is 25.0 Å². The zero-order valence-electron chi connectivity index (χ0n) is 17.2. The number of aryl methyl sites for hydroxylation is 1. The van der Waals surface area contributed by atoms with Crippen LogP contribution in [0.4, 0.5) is 11.8 Å². The molecule has 31 heavy (non-hydrogen) atoms. The normalized spacial score (nSPS) is 16.4. The lowest BCUT2D eigenvalue weighted by Gasteiger charge is -2.16. The predicted molar refractivity (Wildman–Crippen MR) is 113 cm³/mol. The molecule has 0 fully saturated rings. The third-order valence-electron chi connectivity index (χ3n) is 5.61. The Morgan fingerprint density at radius 3 is 2.97 bits per heavy atom. The summed E-state index contributed by atoms with van der Waals surface area (Å²) in [4.78, 5) is 8.95. The Balaban J connectivity index is 1.54. The highest BCUT2D eigenvalue weighted by atomic mass is 16.5. The second-order valence-corrected chi connectivity index (χ2v) is 7.45. The van der Waals surface area contributed by atoms with Gasteiger partial charge in [-0.25, -0.2) is 14.4 Å². The minimum atomic E-state index is -0.121. The molecule has 1 N–H and O–H groups in total. The Morgan fingerprint density at radius 2 is 2.19 bits per heavy atom. The molecule has 0 aliphatic carbocycles. The van der Waals surface area contributed by atoms with Crippen molar-refractivity contribution in [3.05, 3.63) is 42.5 Å². The number of hydrogen-bond acceptors (Lipinski definition) is 8. The fourth-order valence-electron chi connectivity index (χ4n) is 3.96. The third kappa shape index (κ3) is 3.34. The van der Waals surface area contributed by atoms with E-state index in [9.17, 15) is 5.26 Å². The zero-order valence-corrected chi connectivity index (χ0v) is 17.2. The maximum atomic E-state index is 9.56. The van der Waals surface area contributed by atoms with Crippen LogP contribution in [0.2, 0.25) is 0 Å². The van der Waals surface area contributed by atoms with Gasteiger partial charge in [0, 0.05) is 36.9 Å². The molecule has 2 atom stereocenters. The number of pyridine rings is 1. The predicted octanol–water partition coefficient (Wildman–Crippen LogP) is 3.08. The summed E-state index contributed by atoms with van der Waals surface area (Å²) in [6, 6.07) is 9.96. The van der Waals surface area contributed by atoms with Gasteiger partial charge in [-0.15, -0.1) is 10.2 Å². The lowest BCUT2D eigenvalue weighted by molar-refractivity contribution is 0.287. The molecule has 4 aromatic rings. The molecule has 0 spiro atoms. The molecule has 10 nitrogen and oxygen atoms in total. The molecule has 0 aromatic carbocycles. The highest BCUT2D eigenvalue weighted by Gasteiger charge is 2.30. The molecule has 10 heteroatoms. The molecule has 5 heterocycles. The fraction of sp³-hybridized carbons (Fsp3) is 0.333. The average Bonchev–Trinajstić information content (AvgIpc) is 3.34. The van der Waals surface area contributed by atoms with E-state index in [0.717, 1.165) is 35.7 Å². The van der Waals surface area contributed by atoms with Gasteiger partial charge in [0.2, 0.25) is 11.8 Å². The van der Waals surface area contributed by atoms with Crippen molar-refractivity contribution >= 4 is 17.4 Å². The zero-order chi connectivity index (χ0) is 21.4. The Kier molecular flexibility index (Phi) is 4.71. The molecule has 0 saturated heterocycles. The maximum absolute atomic E-state index is 9.56. The summed E-state index contributed by atoms with van der Waals surface area (Å²) in [7, 11) is 1.84. The monoisotopic (exact) mass is 415 g/mol. The van der Waals surface area contributed by atoms with Gasteiger partial charge in [0.15, 0.2) is 5.65 Å². The Bertz CT molecular complexity index is 1290. The molecular weight excluding hydrogens is 394 g/mol. The molecule has 1 aliphatic heterocycles. The number of ether oxygens (including phenoxy) is 1. The summed E-state index contributed by atoms with van der Waals surface area (Å²) in [6.07, 6.45) is 4.89. The van der Waals surface area contributed by atoms with E-state index in [0.29, 0.717) is 24.1 Å². The van der Waals surface area contributed by atoms with Gasteiger partial charge in [-0.3, -0.25) is 4.68 Å². The molecule has 0 saturated carbocycles. The second-order valence-electron chi connectivity index (χ2n) is 7.45. The largest absolute Gasteiger partial charge is 0.478 e. The van der Waals surface area contributed by atoms with Crippen LogP contribution in [0, 0.1) is 17.2 Å². The van der Waals surface area contributed by atoms with Gasteiger partial charge in [-0.2, -0.15) is 10.4 Å². The van der Waals surface area contributed by atoms with Crippen molar-refractivity contribution in [2.24, 2.45) is 13.0 Å². The Hall–Kier alpha value is -4.00. The standard InChI is InChI=1S/C21H21N9O/c1-3-13(12-22)15-6-9-31-19-11-14(10-18-27-28-20(15)30(18)19)16-4-7-23-21(25-16)26-17-5-8-24-29(17)2/h4-5,7-8,10-11,13,15H,3,6,9H2,1-2H3,(H,23,25,26)/t13?,15-/m0/s1. The van der Waals surface area contributed by atoms with Crippen LogP contribution in [-0.4, -0.2) is 41.0 Å². The van der Waals surface area contributed by atoms with Gasteiger partial charge in [-0.1, -0.05) is 6.92 Å². The fourth-order valence-corrected chi connectivity index (χ4v) is 3.96. The Labute approximate surface area is 178 Å². The van der Waals surface area contributed by atoms with Crippen molar-refractivity contribution in [3.63, 3.8) is 0 Å². The number of nitrogens with zero attached hydrogens (tertiary/aromatic N) is 8. The van der Waals surface area contributed by atoms with E-state index in [-0.39, 0.29) is 11.8 Å². The van der Waals surface area contributed by atoms with Crippen molar-refractivity contribution < 1.29 is 4.74 Å². The molecular formula is C21H21N9O. The quantitative estimate of drug-likeness (QED) is 0.528. The first-order valence-corrected chi connectivity index (χ1v) is 10.2. The highest BCUT2D eigenvalue weighted by molar-refractivity contribution is 5.67. The lowest BCUT2D eigenvalue weighted by atomic mass is 9.88. The molecule has 0 radical (unpaired) electrons. The summed E-state index contributed by atoms with van der Waals surface area (Å²) in [6.45, 7) is 2.54. The second kappa shape index (κ2) is 7.68. The van der Waals surface area contributed by atoms with Gasteiger partial charge < -0.3 is 10.1 Å². The van der Waals surface area contributed by atoms with Gasteiger partial charge in [0.05, 0.1) is 30.5 Å². The van der Waals surface area contributed by atoms with Crippen LogP contribution >= 0.6 is 0 Å². The topological polar surface area (TPSA) is 119 Å². The van der Waals surface area contributed by atoms with Crippen molar-refractivity contribution in [2.75, 3.05) is 11.9 Å². The van der Waals surface area contributed by atoms with E-state index in [4.69, 9.17) is 4.74 Å². The summed E-state index contributed by atoms with van der Waals surface area (Å²) in [5.41, 5.74) is 2.25. The number of hydrogen-bond donors (Lipinski definition) is 1. The van der Waals surface area contributed by atoms with E-state index in [2.05, 4.69) is 36.7 Å². The first-order valence-electron chi connectivity index (χ1n) is 10.2. The lowest BCUT2D eigenvalue weighted by Crippen LogP contribution is -2.14. The number of aromatic nitrogens is 7. The molecule has 0 amide bonds. The molecule has 1 unspecified atom stereocenters.